The fraction of sp³-hybridized carbons (Fsp3) is 0.455. The van der Waals surface area contributed by atoms with E-state index in [1.165, 1.54) is 5.56 Å². The van der Waals surface area contributed by atoms with E-state index in [4.69, 9.17) is 4.74 Å². The van der Waals surface area contributed by atoms with Crippen LogP contribution in [0.25, 0.3) is 0 Å². The molecule has 1 aliphatic heterocycles. The van der Waals surface area contributed by atoms with Crippen LogP contribution < -0.4 is 10.6 Å². The molecule has 0 aromatic heterocycles. The van der Waals surface area contributed by atoms with Gasteiger partial charge >= 0.3 is 5.97 Å². The van der Waals surface area contributed by atoms with Crippen LogP contribution in [0.1, 0.15) is 37.0 Å². The van der Waals surface area contributed by atoms with Crippen molar-refractivity contribution in [2.24, 2.45) is 4.99 Å². The highest BCUT2D eigenvalue weighted by molar-refractivity contribution is 5.97. The number of hydrogen-bond acceptors (Lipinski definition) is 5. The Morgan fingerprint density at radius 3 is 2.89 bits per heavy atom. The molecule has 0 spiro atoms. The minimum Gasteiger partial charge on any atom is -0.461 e. The summed E-state index contributed by atoms with van der Waals surface area (Å²) >= 11 is 0. The van der Waals surface area contributed by atoms with E-state index in [1.807, 2.05) is 32.2 Å². The van der Waals surface area contributed by atoms with E-state index < -0.39 is 12.1 Å². The fourth-order valence-corrected chi connectivity index (χ4v) is 3.09. The summed E-state index contributed by atoms with van der Waals surface area (Å²) in [6.45, 7) is 6.22. The predicted molar refractivity (Wildman–Crippen MR) is 111 cm³/mol. The van der Waals surface area contributed by atoms with Gasteiger partial charge in [-0.3, -0.25) is 4.99 Å². The molecule has 1 aromatic carbocycles. The first-order valence-corrected chi connectivity index (χ1v) is 9.70. The Morgan fingerprint density at radius 2 is 2.25 bits per heavy atom. The highest BCUT2D eigenvalue weighted by Crippen LogP contribution is 2.17. The first-order chi connectivity index (χ1) is 13.5. The van der Waals surface area contributed by atoms with Gasteiger partial charge in [0.15, 0.2) is 0 Å². The van der Waals surface area contributed by atoms with Gasteiger partial charge in [-0.05, 0) is 69.6 Å². The van der Waals surface area contributed by atoms with Crippen molar-refractivity contribution in [1.29, 1.82) is 0 Å². The molecule has 2 unspecified atom stereocenters. The second kappa shape index (κ2) is 10.8. The van der Waals surface area contributed by atoms with E-state index in [1.54, 1.807) is 26.3 Å². The van der Waals surface area contributed by atoms with Crippen LogP contribution in [0.4, 0.5) is 4.39 Å². The molecule has 0 fully saturated rings. The molecule has 1 aromatic rings. The molecule has 28 heavy (non-hydrogen) atoms. The second-order valence-electron chi connectivity index (χ2n) is 6.87. The number of hydrogen-bond donors (Lipinski definition) is 2. The maximum absolute atomic E-state index is 13.1. The molecule has 0 radical (unpaired) electrons. The molecule has 0 saturated carbocycles. The van der Waals surface area contributed by atoms with Crippen LogP contribution in [0.2, 0.25) is 0 Å². The summed E-state index contributed by atoms with van der Waals surface area (Å²) in [5.74, 6) is -0.393. The second-order valence-corrected chi connectivity index (χ2v) is 6.87. The molecule has 2 N–H and O–H groups in total. The van der Waals surface area contributed by atoms with Crippen LogP contribution in [0.15, 0.2) is 46.7 Å². The van der Waals surface area contributed by atoms with Gasteiger partial charge in [-0.1, -0.05) is 18.2 Å². The number of nitrogens with one attached hydrogen (secondary N) is 2. The predicted octanol–water partition coefficient (Wildman–Crippen LogP) is 3.38. The van der Waals surface area contributed by atoms with Crippen LogP contribution in [-0.2, 0) is 22.5 Å². The molecule has 0 saturated heterocycles. The van der Waals surface area contributed by atoms with E-state index in [2.05, 4.69) is 21.7 Å². The quantitative estimate of drug-likeness (QED) is 0.504. The molecule has 0 amide bonds. The van der Waals surface area contributed by atoms with E-state index in [0.29, 0.717) is 25.3 Å². The van der Waals surface area contributed by atoms with Gasteiger partial charge in [-0.25, -0.2) is 9.18 Å². The lowest BCUT2D eigenvalue weighted by Gasteiger charge is -2.21. The van der Waals surface area contributed by atoms with Gasteiger partial charge in [0.1, 0.15) is 5.70 Å². The lowest BCUT2D eigenvalue weighted by Crippen LogP contribution is -2.35. The maximum atomic E-state index is 13.1. The van der Waals surface area contributed by atoms with Gasteiger partial charge in [0.25, 0.3) is 0 Å². The van der Waals surface area contributed by atoms with Crippen molar-refractivity contribution in [3.8, 4) is 0 Å². The Hall–Kier alpha value is -2.47. The van der Waals surface area contributed by atoms with Gasteiger partial charge in [0.05, 0.1) is 25.4 Å². The number of likely N-dealkylation sites (N-methyl/N-ethyl adjacent to an activating group) is 1. The van der Waals surface area contributed by atoms with E-state index in [9.17, 15) is 9.18 Å². The molecule has 5 nitrogen and oxygen atoms in total. The monoisotopic (exact) mass is 387 g/mol. The topological polar surface area (TPSA) is 62.7 Å². The highest BCUT2D eigenvalue weighted by atomic mass is 19.1. The number of carbonyl (C=O) groups is 1. The molecule has 152 valence electrons. The van der Waals surface area contributed by atoms with Gasteiger partial charge < -0.3 is 15.4 Å². The lowest BCUT2D eigenvalue weighted by atomic mass is 10.00. The number of carbonyl (C=O) groups excluding carboxylic acids is 1. The molecular weight excluding hydrogens is 357 g/mol. The van der Waals surface area contributed by atoms with E-state index in [-0.39, 0.29) is 6.04 Å². The molecule has 2 rings (SSSR count). The molecule has 1 aliphatic rings. The number of rotatable bonds is 9. The maximum Gasteiger partial charge on any atom is 0.355 e. The molecule has 0 bridgehead atoms. The smallest absolute Gasteiger partial charge is 0.355 e. The Bertz CT molecular complexity index is 769. The van der Waals surface area contributed by atoms with Crippen molar-refractivity contribution in [2.45, 2.75) is 52.4 Å². The first kappa shape index (κ1) is 21.8. The molecule has 6 heteroatoms. The van der Waals surface area contributed by atoms with Gasteiger partial charge in [0, 0.05) is 11.8 Å². The van der Waals surface area contributed by atoms with Crippen LogP contribution in [0.3, 0.4) is 0 Å². The van der Waals surface area contributed by atoms with E-state index >= 15 is 0 Å². The van der Waals surface area contributed by atoms with Crippen molar-refractivity contribution in [3.63, 3.8) is 0 Å². The van der Waals surface area contributed by atoms with Crippen molar-refractivity contribution >= 4 is 12.2 Å². The Balaban J connectivity index is 2.12. The van der Waals surface area contributed by atoms with Gasteiger partial charge in [0.2, 0.25) is 0 Å². The van der Waals surface area contributed by atoms with E-state index in [0.717, 1.165) is 23.1 Å². The molecule has 1 heterocycles. The van der Waals surface area contributed by atoms with Crippen LogP contribution in [0, 0.1) is 6.92 Å². The number of benzene rings is 1. The fourth-order valence-electron chi connectivity index (χ4n) is 3.09. The SMILES string of the molecule is CCOC(=O)C1=C(C=NCc2ccc(CCC(C)F)c(C)c2)C(NC)C=CN1. The Morgan fingerprint density at radius 1 is 1.46 bits per heavy atom. The summed E-state index contributed by atoms with van der Waals surface area (Å²) in [5, 5.41) is 6.12. The number of ether oxygens (including phenoxy) is 1. The number of aliphatic imine (C=N–C) groups is 1. The zero-order valence-corrected chi connectivity index (χ0v) is 17.1. The number of halogens is 1. The summed E-state index contributed by atoms with van der Waals surface area (Å²) in [4.78, 5) is 16.7. The molecule has 2 atom stereocenters. The van der Waals surface area contributed by atoms with Crippen LogP contribution in [0.5, 0.6) is 0 Å². The number of esters is 1. The molecule has 0 aliphatic carbocycles. The number of nitrogens with zero attached hydrogens (tertiary/aromatic N) is 1. The van der Waals surface area contributed by atoms with Gasteiger partial charge in [-0.15, -0.1) is 0 Å². The zero-order valence-electron chi connectivity index (χ0n) is 17.1. The summed E-state index contributed by atoms with van der Waals surface area (Å²) in [6, 6.07) is 6.05. The summed E-state index contributed by atoms with van der Waals surface area (Å²) in [7, 11) is 1.83. The van der Waals surface area contributed by atoms with Crippen LogP contribution >= 0.6 is 0 Å². The minimum atomic E-state index is -0.788. The Kier molecular flexibility index (Phi) is 8.39. The minimum absolute atomic E-state index is 0.115. The third-order valence-corrected chi connectivity index (χ3v) is 4.65. The lowest BCUT2D eigenvalue weighted by molar-refractivity contribution is -0.138. The number of aryl methyl sites for hydroxylation is 2. The normalized spacial score (nSPS) is 17.7. The van der Waals surface area contributed by atoms with Crippen molar-refractivity contribution < 1.29 is 13.9 Å². The van der Waals surface area contributed by atoms with Crippen molar-refractivity contribution in [1.82, 2.24) is 10.6 Å². The summed E-state index contributed by atoms with van der Waals surface area (Å²) in [5.41, 5.74) is 4.54. The van der Waals surface area contributed by atoms with Gasteiger partial charge in [-0.2, -0.15) is 0 Å². The van der Waals surface area contributed by atoms with Crippen LogP contribution in [-0.4, -0.2) is 38.1 Å². The molecular formula is C22H30FN3O2. The number of dihydropyridines is 1. The van der Waals surface area contributed by atoms with Crippen molar-refractivity contribution in [2.75, 3.05) is 13.7 Å². The third-order valence-electron chi connectivity index (χ3n) is 4.65. The standard InChI is InChI=1S/C22H30FN3O2/c1-5-28-22(27)21-19(20(24-4)10-11-26-21)14-25-13-17-7-9-18(15(2)12-17)8-6-16(3)23/h7,9-12,14,16,20,24,26H,5-6,8,13H2,1-4H3. The third kappa shape index (κ3) is 6.02. The first-order valence-electron chi connectivity index (χ1n) is 9.70. The summed E-state index contributed by atoms with van der Waals surface area (Å²) < 4.78 is 18.2. The summed E-state index contributed by atoms with van der Waals surface area (Å²) in [6.07, 6.45) is 5.86. The largest absolute Gasteiger partial charge is 0.461 e. The van der Waals surface area contributed by atoms with Crippen molar-refractivity contribution in [3.05, 3.63) is 58.4 Å². The average Bonchev–Trinajstić information content (AvgIpc) is 2.67. The average molecular weight is 387 g/mol. The number of alkyl halides is 1. The Labute approximate surface area is 166 Å². The highest BCUT2D eigenvalue weighted by Gasteiger charge is 2.22. The zero-order chi connectivity index (χ0) is 20.5.